The van der Waals surface area contributed by atoms with Crippen molar-refractivity contribution < 1.29 is 8.78 Å². The lowest BCUT2D eigenvalue weighted by Gasteiger charge is -2.10. The van der Waals surface area contributed by atoms with Crippen molar-refractivity contribution in [1.29, 1.82) is 0 Å². The molecule has 0 spiro atoms. The average Bonchev–Trinajstić information content (AvgIpc) is 2.16. The van der Waals surface area contributed by atoms with Crippen LogP contribution < -0.4 is 10.6 Å². The topological polar surface area (TPSA) is 24.1 Å². The first kappa shape index (κ1) is 12.8. The molecule has 0 bridgehead atoms. The zero-order valence-electron chi connectivity index (χ0n) is 9.02. The smallest absolute Gasteiger partial charge is 0.170 e. The van der Waals surface area contributed by atoms with Crippen LogP contribution in [0.15, 0.2) is 18.2 Å². The largest absolute Gasteiger partial charge is 0.362 e. The number of benzene rings is 1. The molecule has 88 valence electrons. The zero-order chi connectivity index (χ0) is 12.0. The minimum Gasteiger partial charge on any atom is -0.362 e. The van der Waals surface area contributed by atoms with Crippen LogP contribution in [0.1, 0.15) is 19.8 Å². The van der Waals surface area contributed by atoms with Gasteiger partial charge in [0.05, 0.1) is 0 Å². The van der Waals surface area contributed by atoms with Crippen LogP contribution in [0.2, 0.25) is 0 Å². The Balaban J connectivity index is 2.49. The third-order valence-electron chi connectivity index (χ3n) is 1.94. The highest BCUT2D eigenvalue weighted by molar-refractivity contribution is 7.80. The Hall–Kier alpha value is -1.23. The number of anilines is 1. The lowest BCUT2D eigenvalue weighted by Crippen LogP contribution is -2.29. The van der Waals surface area contributed by atoms with Crippen LogP contribution in [0, 0.1) is 11.6 Å². The molecule has 0 radical (unpaired) electrons. The Bertz CT molecular complexity index is 349. The molecular formula is C11H14F2N2S. The summed E-state index contributed by atoms with van der Waals surface area (Å²) in [5.41, 5.74) is 0.312. The fraction of sp³-hybridized carbons (Fsp3) is 0.364. The van der Waals surface area contributed by atoms with Crippen molar-refractivity contribution in [3.8, 4) is 0 Å². The van der Waals surface area contributed by atoms with E-state index in [2.05, 4.69) is 17.6 Å². The predicted octanol–water partition coefficient (Wildman–Crippen LogP) is 3.05. The Morgan fingerprint density at radius 2 is 1.88 bits per heavy atom. The maximum Gasteiger partial charge on any atom is 0.170 e. The number of hydrogen-bond donors (Lipinski definition) is 2. The third-order valence-corrected chi connectivity index (χ3v) is 2.18. The van der Waals surface area contributed by atoms with Gasteiger partial charge in [0.2, 0.25) is 0 Å². The van der Waals surface area contributed by atoms with Gasteiger partial charge in [-0.25, -0.2) is 8.78 Å². The molecular weight excluding hydrogens is 230 g/mol. The fourth-order valence-electron chi connectivity index (χ4n) is 1.18. The molecule has 0 aliphatic heterocycles. The number of rotatable bonds is 4. The maximum atomic E-state index is 12.8. The Morgan fingerprint density at radius 1 is 1.25 bits per heavy atom. The van der Waals surface area contributed by atoms with Crippen LogP contribution >= 0.6 is 12.2 Å². The molecule has 1 aromatic rings. The summed E-state index contributed by atoms with van der Waals surface area (Å²) in [6, 6.07) is 3.20. The lowest BCUT2D eigenvalue weighted by atomic mass is 10.3. The van der Waals surface area contributed by atoms with Gasteiger partial charge < -0.3 is 10.6 Å². The summed E-state index contributed by atoms with van der Waals surface area (Å²) >= 11 is 4.97. The highest BCUT2D eigenvalue weighted by Crippen LogP contribution is 2.12. The Labute approximate surface area is 99.0 Å². The normalized spacial score (nSPS) is 9.94. The van der Waals surface area contributed by atoms with Gasteiger partial charge in [-0.15, -0.1) is 0 Å². The average molecular weight is 244 g/mol. The highest BCUT2D eigenvalue weighted by Gasteiger charge is 2.01. The van der Waals surface area contributed by atoms with E-state index in [1.807, 2.05) is 0 Å². The quantitative estimate of drug-likeness (QED) is 0.629. The monoisotopic (exact) mass is 244 g/mol. The zero-order valence-corrected chi connectivity index (χ0v) is 9.83. The van der Waals surface area contributed by atoms with Crippen LogP contribution in [0.4, 0.5) is 14.5 Å². The molecule has 0 aromatic heterocycles. The van der Waals surface area contributed by atoms with Crippen LogP contribution in [-0.2, 0) is 0 Å². The number of thiocarbonyl (C=S) groups is 1. The molecule has 1 rings (SSSR count). The second-order valence-corrected chi connectivity index (χ2v) is 3.80. The van der Waals surface area contributed by atoms with Gasteiger partial charge in [0.1, 0.15) is 11.6 Å². The molecule has 0 atom stereocenters. The number of unbranched alkanes of at least 4 members (excludes halogenated alkanes) is 1. The second kappa shape index (κ2) is 6.37. The first-order valence-corrected chi connectivity index (χ1v) is 5.53. The van der Waals surface area contributed by atoms with E-state index in [1.165, 1.54) is 12.1 Å². The van der Waals surface area contributed by atoms with Gasteiger partial charge in [0.15, 0.2) is 5.11 Å². The van der Waals surface area contributed by atoms with Gasteiger partial charge >= 0.3 is 0 Å². The van der Waals surface area contributed by atoms with Crippen molar-refractivity contribution in [1.82, 2.24) is 5.32 Å². The van der Waals surface area contributed by atoms with Gasteiger partial charge in [-0.05, 0) is 30.8 Å². The van der Waals surface area contributed by atoms with E-state index in [1.54, 1.807) is 0 Å². The fourth-order valence-corrected chi connectivity index (χ4v) is 1.40. The minimum atomic E-state index is -0.626. The van der Waals surface area contributed by atoms with E-state index in [4.69, 9.17) is 12.2 Å². The molecule has 0 saturated heterocycles. The van der Waals surface area contributed by atoms with Crippen LogP contribution in [0.5, 0.6) is 0 Å². The van der Waals surface area contributed by atoms with Crippen molar-refractivity contribution in [2.45, 2.75) is 19.8 Å². The molecule has 0 aliphatic carbocycles. The Morgan fingerprint density at radius 3 is 2.44 bits per heavy atom. The van der Waals surface area contributed by atoms with E-state index >= 15 is 0 Å². The van der Waals surface area contributed by atoms with E-state index < -0.39 is 11.6 Å². The summed E-state index contributed by atoms with van der Waals surface area (Å²) in [6.45, 7) is 2.82. The van der Waals surface area contributed by atoms with Crippen molar-refractivity contribution in [3.05, 3.63) is 29.8 Å². The summed E-state index contributed by atoms with van der Waals surface area (Å²) in [5, 5.41) is 6.04. The molecule has 0 aliphatic rings. The SMILES string of the molecule is CCCCNC(=S)Nc1cc(F)cc(F)c1. The molecule has 5 heteroatoms. The number of halogens is 2. The van der Waals surface area contributed by atoms with Gasteiger partial charge in [-0.2, -0.15) is 0 Å². The molecule has 2 N–H and O–H groups in total. The highest BCUT2D eigenvalue weighted by atomic mass is 32.1. The molecule has 0 saturated carbocycles. The van der Waals surface area contributed by atoms with E-state index in [-0.39, 0.29) is 0 Å². The summed E-state index contributed by atoms with van der Waals surface area (Å²) in [7, 11) is 0. The Kier molecular flexibility index (Phi) is 5.11. The van der Waals surface area contributed by atoms with Crippen molar-refractivity contribution >= 4 is 23.0 Å². The second-order valence-electron chi connectivity index (χ2n) is 3.39. The number of hydrogen-bond acceptors (Lipinski definition) is 1. The van der Waals surface area contributed by atoms with Gasteiger partial charge in [-0.1, -0.05) is 13.3 Å². The van der Waals surface area contributed by atoms with E-state index in [0.29, 0.717) is 10.8 Å². The summed E-state index contributed by atoms with van der Waals surface area (Å²) in [6.07, 6.45) is 2.06. The van der Waals surface area contributed by atoms with Crippen molar-refractivity contribution in [2.24, 2.45) is 0 Å². The van der Waals surface area contributed by atoms with Crippen molar-refractivity contribution in [2.75, 3.05) is 11.9 Å². The van der Waals surface area contributed by atoms with Gasteiger partial charge in [-0.3, -0.25) is 0 Å². The molecule has 1 aromatic carbocycles. The van der Waals surface area contributed by atoms with Gasteiger partial charge in [0.25, 0.3) is 0 Å². The van der Waals surface area contributed by atoms with Crippen molar-refractivity contribution in [3.63, 3.8) is 0 Å². The van der Waals surface area contributed by atoms with Crippen LogP contribution in [-0.4, -0.2) is 11.7 Å². The molecule has 0 unspecified atom stereocenters. The third kappa shape index (κ3) is 4.53. The predicted molar refractivity (Wildman–Crippen MR) is 65.5 cm³/mol. The molecule has 0 amide bonds. The first-order chi connectivity index (χ1) is 7.61. The van der Waals surface area contributed by atoms with E-state index in [0.717, 1.165) is 25.5 Å². The number of nitrogens with one attached hydrogen (secondary N) is 2. The summed E-state index contributed by atoms with van der Waals surface area (Å²) in [4.78, 5) is 0. The standard InChI is InChI=1S/C11H14F2N2S/c1-2-3-4-14-11(16)15-10-6-8(12)5-9(13)7-10/h5-7H,2-4H2,1H3,(H2,14,15,16). The minimum absolute atomic E-state index is 0.312. The van der Waals surface area contributed by atoms with Gasteiger partial charge in [0, 0.05) is 18.3 Å². The van der Waals surface area contributed by atoms with Crippen LogP contribution in [0.25, 0.3) is 0 Å². The molecule has 0 fully saturated rings. The van der Waals surface area contributed by atoms with Crippen LogP contribution in [0.3, 0.4) is 0 Å². The summed E-state index contributed by atoms with van der Waals surface area (Å²) in [5.74, 6) is -1.25. The van der Waals surface area contributed by atoms with E-state index in [9.17, 15) is 8.78 Å². The maximum absolute atomic E-state index is 12.8. The summed E-state index contributed by atoms with van der Waals surface area (Å²) < 4.78 is 25.7. The first-order valence-electron chi connectivity index (χ1n) is 5.12. The molecule has 2 nitrogen and oxygen atoms in total. The molecule has 0 heterocycles. The molecule has 16 heavy (non-hydrogen) atoms. The lowest BCUT2D eigenvalue weighted by molar-refractivity contribution is 0.584.